The van der Waals surface area contributed by atoms with Gasteiger partial charge in [-0.2, -0.15) is 0 Å². The third-order valence-corrected chi connectivity index (χ3v) is 2.99. The Balaban J connectivity index is 2.20. The summed E-state index contributed by atoms with van der Waals surface area (Å²) >= 11 is 0. The van der Waals surface area contributed by atoms with Crippen LogP contribution in [0.2, 0.25) is 0 Å². The van der Waals surface area contributed by atoms with Gasteiger partial charge in [0.15, 0.2) is 0 Å². The van der Waals surface area contributed by atoms with Crippen LogP contribution in [-0.2, 0) is 22.4 Å². The molecule has 1 aliphatic rings. The predicted octanol–water partition coefficient (Wildman–Crippen LogP) is 1.55. The standard InChI is InChI=1S/C12H15NO2/c1-15-12(14)10-3-2-9-7-11(13)5-4-8(9)6-10/h4-5,7,10H,2-3,6,13H2,1H3. The third kappa shape index (κ3) is 1.96. The number of methoxy groups -OCH3 is 1. The molecule has 3 heteroatoms. The zero-order chi connectivity index (χ0) is 10.8. The van der Waals surface area contributed by atoms with Gasteiger partial charge in [0.2, 0.25) is 0 Å². The molecule has 15 heavy (non-hydrogen) atoms. The molecule has 0 bridgehead atoms. The number of esters is 1. The normalized spacial score (nSPS) is 19.4. The van der Waals surface area contributed by atoms with Crippen LogP contribution in [0, 0.1) is 5.92 Å². The molecule has 0 saturated heterocycles. The highest BCUT2D eigenvalue weighted by Crippen LogP contribution is 2.27. The number of rotatable bonds is 1. The molecule has 0 radical (unpaired) electrons. The van der Waals surface area contributed by atoms with Gasteiger partial charge >= 0.3 is 5.97 Å². The average molecular weight is 205 g/mol. The van der Waals surface area contributed by atoms with Crippen molar-refractivity contribution in [3.63, 3.8) is 0 Å². The highest BCUT2D eigenvalue weighted by atomic mass is 16.5. The first-order chi connectivity index (χ1) is 7.20. The number of carbonyl (C=O) groups is 1. The fraction of sp³-hybridized carbons (Fsp3) is 0.417. The zero-order valence-corrected chi connectivity index (χ0v) is 8.82. The number of fused-ring (bicyclic) bond motifs is 1. The summed E-state index contributed by atoms with van der Waals surface area (Å²) in [5.74, 6) is -0.0800. The number of nitrogen functional groups attached to an aromatic ring is 1. The lowest BCUT2D eigenvalue weighted by molar-refractivity contribution is -0.145. The molecule has 3 nitrogen and oxygen atoms in total. The lowest BCUT2D eigenvalue weighted by atomic mass is 9.84. The van der Waals surface area contributed by atoms with E-state index in [4.69, 9.17) is 10.5 Å². The van der Waals surface area contributed by atoms with Gasteiger partial charge in [-0.1, -0.05) is 6.07 Å². The number of hydrogen-bond acceptors (Lipinski definition) is 3. The Labute approximate surface area is 89.2 Å². The first-order valence-electron chi connectivity index (χ1n) is 5.16. The Hall–Kier alpha value is -1.51. The quantitative estimate of drug-likeness (QED) is 0.559. The van der Waals surface area contributed by atoms with E-state index in [9.17, 15) is 4.79 Å². The van der Waals surface area contributed by atoms with E-state index < -0.39 is 0 Å². The van der Waals surface area contributed by atoms with E-state index in [2.05, 4.69) is 0 Å². The summed E-state index contributed by atoms with van der Waals surface area (Å²) in [6, 6.07) is 5.90. The lowest BCUT2D eigenvalue weighted by Crippen LogP contribution is -2.23. The fourth-order valence-corrected chi connectivity index (χ4v) is 2.14. The molecule has 0 aliphatic heterocycles. The van der Waals surface area contributed by atoms with E-state index >= 15 is 0 Å². The van der Waals surface area contributed by atoms with Crippen molar-refractivity contribution in [2.75, 3.05) is 12.8 Å². The largest absolute Gasteiger partial charge is 0.469 e. The molecule has 1 aromatic carbocycles. The van der Waals surface area contributed by atoms with Gasteiger partial charge in [-0.3, -0.25) is 4.79 Å². The summed E-state index contributed by atoms with van der Waals surface area (Å²) < 4.78 is 4.76. The van der Waals surface area contributed by atoms with Gasteiger partial charge < -0.3 is 10.5 Å². The van der Waals surface area contributed by atoms with Gasteiger partial charge in [-0.05, 0) is 42.5 Å². The number of ether oxygens (including phenoxy) is 1. The Morgan fingerprint density at radius 1 is 1.47 bits per heavy atom. The average Bonchev–Trinajstić information content (AvgIpc) is 2.27. The van der Waals surface area contributed by atoms with Crippen molar-refractivity contribution in [2.24, 2.45) is 5.92 Å². The molecule has 0 spiro atoms. The molecule has 0 aromatic heterocycles. The number of nitrogens with two attached hydrogens (primary N) is 1. The van der Waals surface area contributed by atoms with Crippen LogP contribution in [0.3, 0.4) is 0 Å². The topological polar surface area (TPSA) is 52.3 Å². The van der Waals surface area contributed by atoms with Crippen LogP contribution in [0.25, 0.3) is 0 Å². The maximum Gasteiger partial charge on any atom is 0.309 e. The summed E-state index contributed by atoms with van der Waals surface area (Å²) in [7, 11) is 1.45. The van der Waals surface area contributed by atoms with E-state index in [-0.39, 0.29) is 11.9 Å². The van der Waals surface area contributed by atoms with Gasteiger partial charge in [0.05, 0.1) is 13.0 Å². The van der Waals surface area contributed by atoms with E-state index in [1.54, 1.807) is 0 Å². The first kappa shape index (κ1) is 10.0. The van der Waals surface area contributed by atoms with Gasteiger partial charge in [-0.25, -0.2) is 0 Å². The van der Waals surface area contributed by atoms with Crippen molar-refractivity contribution in [3.8, 4) is 0 Å². The van der Waals surface area contributed by atoms with Crippen molar-refractivity contribution < 1.29 is 9.53 Å². The monoisotopic (exact) mass is 205 g/mol. The minimum Gasteiger partial charge on any atom is -0.469 e. The first-order valence-corrected chi connectivity index (χ1v) is 5.16. The van der Waals surface area contributed by atoms with Crippen molar-refractivity contribution >= 4 is 11.7 Å². The summed E-state index contributed by atoms with van der Waals surface area (Å²) in [5, 5.41) is 0. The number of hydrogen-bond donors (Lipinski definition) is 1. The molecule has 0 saturated carbocycles. The second kappa shape index (κ2) is 3.93. The smallest absolute Gasteiger partial charge is 0.309 e. The maximum absolute atomic E-state index is 11.4. The lowest BCUT2D eigenvalue weighted by Gasteiger charge is -2.22. The van der Waals surface area contributed by atoms with Crippen molar-refractivity contribution in [1.82, 2.24) is 0 Å². The van der Waals surface area contributed by atoms with Crippen LogP contribution in [-0.4, -0.2) is 13.1 Å². The molecule has 1 unspecified atom stereocenters. The summed E-state index contributed by atoms with van der Waals surface area (Å²) in [4.78, 5) is 11.4. The molecule has 1 aromatic rings. The molecule has 0 fully saturated rings. The highest BCUT2D eigenvalue weighted by molar-refractivity contribution is 5.73. The van der Waals surface area contributed by atoms with Crippen LogP contribution in [0.15, 0.2) is 18.2 Å². The van der Waals surface area contributed by atoms with Crippen molar-refractivity contribution in [1.29, 1.82) is 0 Å². The SMILES string of the molecule is COC(=O)C1CCc2cc(N)ccc2C1. The summed E-state index contributed by atoms with van der Waals surface area (Å²) in [6.07, 6.45) is 2.56. The van der Waals surface area contributed by atoms with Crippen LogP contribution in [0.5, 0.6) is 0 Å². The van der Waals surface area contributed by atoms with Crippen LogP contribution in [0.4, 0.5) is 5.69 Å². The number of carbonyl (C=O) groups excluding carboxylic acids is 1. The second-order valence-electron chi connectivity index (χ2n) is 3.99. The molecule has 1 atom stereocenters. The predicted molar refractivity (Wildman–Crippen MR) is 58.4 cm³/mol. The van der Waals surface area contributed by atoms with Crippen LogP contribution in [0.1, 0.15) is 17.5 Å². The molecule has 80 valence electrons. The molecule has 0 heterocycles. The van der Waals surface area contributed by atoms with E-state index in [0.29, 0.717) is 0 Å². The van der Waals surface area contributed by atoms with Crippen molar-refractivity contribution in [3.05, 3.63) is 29.3 Å². The molecule has 2 rings (SSSR count). The van der Waals surface area contributed by atoms with Crippen LogP contribution >= 0.6 is 0 Å². The van der Waals surface area contributed by atoms with Gasteiger partial charge in [-0.15, -0.1) is 0 Å². The molecular formula is C12H15NO2. The highest BCUT2D eigenvalue weighted by Gasteiger charge is 2.25. The Bertz CT molecular complexity index is 387. The van der Waals surface area contributed by atoms with E-state index in [1.165, 1.54) is 18.2 Å². The number of aryl methyl sites for hydroxylation is 1. The third-order valence-electron chi connectivity index (χ3n) is 2.99. The number of anilines is 1. The Kier molecular flexibility index (Phi) is 2.62. The van der Waals surface area contributed by atoms with Gasteiger partial charge in [0, 0.05) is 5.69 Å². The second-order valence-corrected chi connectivity index (χ2v) is 3.99. The Morgan fingerprint density at radius 2 is 2.27 bits per heavy atom. The van der Waals surface area contributed by atoms with E-state index in [1.807, 2.05) is 18.2 Å². The van der Waals surface area contributed by atoms with Gasteiger partial charge in [0.25, 0.3) is 0 Å². The zero-order valence-electron chi connectivity index (χ0n) is 8.82. The summed E-state index contributed by atoms with van der Waals surface area (Å²) in [5.41, 5.74) is 9.01. The molecule has 1 aliphatic carbocycles. The fourth-order valence-electron chi connectivity index (χ4n) is 2.14. The number of benzene rings is 1. The Morgan fingerprint density at radius 3 is 3.00 bits per heavy atom. The molecule has 2 N–H and O–H groups in total. The summed E-state index contributed by atoms with van der Waals surface area (Å²) in [6.45, 7) is 0. The van der Waals surface area contributed by atoms with E-state index in [0.717, 1.165) is 24.9 Å². The maximum atomic E-state index is 11.4. The van der Waals surface area contributed by atoms with Gasteiger partial charge in [0.1, 0.15) is 0 Å². The van der Waals surface area contributed by atoms with Crippen molar-refractivity contribution in [2.45, 2.75) is 19.3 Å². The van der Waals surface area contributed by atoms with Crippen LogP contribution < -0.4 is 5.73 Å². The molecular weight excluding hydrogens is 190 g/mol. The molecule has 0 amide bonds. The minimum absolute atomic E-state index is 0.0196. The minimum atomic E-state index is -0.0996.